The van der Waals surface area contributed by atoms with Gasteiger partial charge in [0.25, 0.3) is 0 Å². The Balaban J connectivity index is 1.17. The number of hydrogen-bond donors (Lipinski definition) is 1. The highest BCUT2D eigenvalue weighted by Crippen LogP contribution is 2.36. The van der Waals surface area contributed by atoms with Crippen LogP contribution in [-0.4, -0.2) is 28.8 Å². The van der Waals surface area contributed by atoms with Crippen LogP contribution in [0.5, 0.6) is 0 Å². The van der Waals surface area contributed by atoms with Gasteiger partial charge in [0.05, 0.1) is 35.1 Å². The first-order chi connectivity index (χ1) is 17.2. The third-order valence-electron chi connectivity index (χ3n) is 7.11. The van der Waals surface area contributed by atoms with Crippen LogP contribution in [0, 0.1) is 0 Å². The fourth-order valence-corrected chi connectivity index (χ4v) is 5.21. The van der Waals surface area contributed by atoms with E-state index in [2.05, 4.69) is 83.9 Å². The van der Waals surface area contributed by atoms with Crippen molar-refractivity contribution in [2.45, 2.75) is 19.3 Å². The van der Waals surface area contributed by atoms with Gasteiger partial charge in [0.2, 0.25) is 0 Å². The third-order valence-corrected chi connectivity index (χ3v) is 7.11. The molecular weight excluding hydrogens is 430 g/mol. The highest BCUT2D eigenvalue weighted by Gasteiger charge is 2.22. The number of benzene rings is 4. The van der Waals surface area contributed by atoms with Crippen molar-refractivity contribution in [1.29, 1.82) is 0 Å². The van der Waals surface area contributed by atoms with E-state index in [-0.39, 0.29) is 6.61 Å². The third kappa shape index (κ3) is 3.54. The molecule has 0 aromatic heterocycles. The summed E-state index contributed by atoms with van der Waals surface area (Å²) in [6.07, 6.45) is 2.40. The van der Waals surface area contributed by atoms with Crippen LogP contribution in [0.4, 0.5) is 17.1 Å². The summed E-state index contributed by atoms with van der Waals surface area (Å²) in [6.45, 7) is 0.0144. The summed E-state index contributed by atoms with van der Waals surface area (Å²) in [5.41, 5.74) is 14.4. The predicted octanol–water partition coefficient (Wildman–Crippen LogP) is 6.33. The molecule has 35 heavy (non-hydrogen) atoms. The lowest BCUT2D eigenvalue weighted by atomic mass is 9.98. The molecule has 0 radical (unpaired) electrons. The standard InChI is InChI=1S/C31H23N3O/c35-18-26-12-21-8-9-23(14-27(21)32-26)29-16-25-11-10-24(17-31(25)34-29)30-15-22-7-6-20(13-28(22)33-30)19-4-2-1-3-5-19/h1-11,13-14,17,35H,12,15-16,18H2. The quantitative estimate of drug-likeness (QED) is 0.386. The summed E-state index contributed by atoms with van der Waals surface area (Å²) in [6, 6.07) is 29.9. The van der Waals surface area contributed by atoms with Crippen molar-refractivity contribution in [1.82, 2.24) is 0 Å². The zero-order valence-electron chi connectivity index (χ0n) is 19.2. The molecule has 1 N–H and O–H groups in total. The Morgan fingerprint density at radius 2 is 1.03 bits per heavy atom. The molecule has 7 rings (SSSR count). The molecule has 0 unspecified atom stereocenters. The van der Waals surface area contributed by atoms with Crippen molar-refractivity contribution in [2.24, 2.45) is 15.0 Å². The Labute approximate surface area is 204 Å². The Kier molecular flexibility index (Phi) is 4.61. The number of hydrogen-bond acceptors (Lipinski definition) is 4. The molecule has 168 valence electrons. The minimum absolute atomic E-state index is 0.0144. The van der Waals surface area contributed by atoms with Crippen LogP contribution in [-0.2, 0) is 19.3 Å². The topological polar surface area (TPSA) is 57.3 Å². The highest BCUT2D eigenvalue weighted by atomic mass is 16.3. The van der Waals surface area contributed by atoms with Crippen molar-refractivity contribution in [2.75, 3.05) is 6.61 Å². The number of fused-ring (bicyclic) bond motifs is 3. The Morgan fingerprint density at radius 3 is 1.63 bits per heavy atom. The lowest BCUT2D eigenvalue weighted by Gasteiger charge is -2.04. The van der Waals surface area contributed by atoms with Gasteiger partial charge in [-0.25, -0.2) is 0 Å². The second-order valence-corrected chi connectivity index (χ2v) is 9.38. The molecule has 0 aliphatic carbocycles. The maximum absolute atomic E-state index is 9.41. The zero-order chi connectivity index (χ0) is 23.4. The van der Waals surface area contributed by atoms with Gasteiger partial charge in [-0.1, -0.05) is 66.7 Å². The summed E-state index contributed by atoms with van der Waals surface area (Å²) in [7, 11) is 0. The molecule has 0 spiro atoms. The van der Waals surface area contributed by atoms with Gasteiger partial charge in [-0.15, -0.1) is 0 Å². The van der Waals surface area contributed by atoms with Crippen molar-refractivity contribution < 1.29 is 5.11 Å². The molecule has 3 aliphatic rings. The first kappa shape index (κ1) is 20.2. The smallest absolute Gasteiger partial charge is 0.0817 e. The van der Waals surface area contributed by atoms with Gasteiger partial charge in [0.15, 0.2) is 0 Å². The Bertz CT molecular complexity index is 1600. The monoisotopic (exact) mass is 453 g/mol. The van der Waals surface area contributed by atoms with E-state index in [1.54, 1.807) is 0 Å². The Morgan fingerprint density at radius 1 is 0.514 bits per heavy atom. The lowest BCUT2D eigenvalue weighted by molar-refractivity contribution is 0.356. The number of aliphatic hydroxyl groups is 1. The van der Waals surface area contributed by atoms with Crippen LogP contribution in [0.2, 0.25) is 0 Å². The molecule has 0 fully saturated rings. The van der Waals surface area contributed by atoms with Gasteiger partial charge in [0, 0.05) is 25.0 Å². The largest absolute Gasteiger partial charge is 0.390 e. The van der Waals surface area contributed by atoms with E-state index < -0.39 is 0 Å². The predicted molar refractivity (Wildman–Crippen MR) is 142 cm³/mol. The lowest BCUT2D eigenvalue weighted by Crippen LogP contribution is -2.03. The van der Waals surface area contributed by atoms with E-state index in [0.29, 0.717) is 0 Å². The van der Waals surface area contributed by atoms with E-state index in [1.165, 1.54) is 27.8 Å². The van der Waals surface area contributed by atoms with Gasteiger partial charge in [-0.3, -0.25) is 15.0 Å². The van der Waals surface area contributed by atoms with E-state index in [9.17, 15) is 5.11 Å². The van der Waals surface area contributed by atoms with Gasteiger partial charge in [-0.05, 0) is 57.1 Å². The summed E-state index contributed by atoms with van der Waals surface area (Å²) < 4.78 is 0. The molecule has 4 nitrogen and oxygen atoms in total. The van der Waals surface area contributed by atoms with Crippen molar-refractivity contribution in [3.8, 4) is 11.1 Å². The molecule has 4 heteroatoms. The molecule has 4 aromatic carbocycles. The highest BCUT2D eigenvalue weighted by molar-refractivity contribution is 6.10. The van der Waals surface area contributed by atoms with Crippen LogP contribution in [0.1, 0.15) is 27.8 Å². The van der Waals surface area contributed by atoms with Crippen LogP contribution in [0.25, 0.3) is 11.1 Å². The normalized spacial score (nSPS) is 15.3. The second kappa shape index (κ2) is 7.97. The summed E-state index contributed by atoms with van der Waals surface area (Å²) in [5, 5.41) is 9.41. The average Bonchev–Trinajstić information content (AvgIpc) is 3.63. The van der Waals surface area contributed by atoms with Crippen LogP contribution < -0.4 is 0 Å². The fourth-order valence-electron chi connectivity index (χ4n) is 5.21. The minimum Gasteiger partial charge on any atom is -0.390 e. The first-order valence-electron chi connectivity index (χ1n) is 12.0. The van der Waals surface area contributed by atoms with Gasteiger partial charge < -0.3 is 5.11 Å². The maximum Gasteiger partial charge on any atom is 0.0817 e. The fraction of sp³-hybridized carbons (Fsp3) is 0.129. The summed E-state index contributed by atoms with van der Waals surface area (Å²) in [4.78, 5) is 14.5. The average molecular weight is 454 g/mol. The zero-order valence-corrected chi connectivity index (χ0v) is 19.2. The maximum atomic E-state index is 9.41. The van der Waals surface area contributed by atoms with E-state index in [0.717, 1.165) is 64.6 Å². The van der Waals surface area contributed by atoms with Crippen molar-refractivity contribution in [3.63, 3.8) is 0 Å². The van der Waals surface area contributed by atoms with Gasteiger partial charge in [-0.2, -0.15) is 0 Å². The van der Waals surface area contributed by atoms with Crippen molar-refractivity contribution in [3.05, 3.63) is 113 Å². The molecule has 4 aromatic rings. The molecular formula is C31H23N3O. The molecule has 0 amide bonds. The van der Waals surface area contributed by atoms with E-state index >= 15 is 0 Å². The van der Waals surface area contributed by atoms with E-state index in [1.807, 2.05) is 6.07 Å². The molecule has 0 saturated carbocycles. The van der Waals surface area contributed by atoms with E-state index in [4.69, 9.17) is 9.98 Å². The SMILES string of the molecule is OCC1=Nc2cc(C3=Nc4cc(C5=Nc6cc(-c7ccccc7)ccc6C5)ccc4C3)ccc2C1. The van der Waals surface area contributed by atoms with Crippen LogP contribution in [0.15, 0.2) is 99.9 Å². The second-order valence-electron chi connectivity index (χ2n) is 9.38. The van der Waals surface area contributed by atoms with Gasteiger partial charge >= 0.3 is 0 Å². The molecule has 0 bridgehead atoms. The van der Waals surface area contributed by atoms with Crippen molar-refractivity contribution >= 4 is 34.2 Å². The van der Waals surface area contributed by atoms with Crippen LogP contribution >= 0.6 is 0 Å². The summed E-state index contributed by atoms with van der Waals surface area (Å²) >= 11 is 0. The number of aliphatic hydroxyl groups excluding tert-OH is 1. The Hall–Kier alpha value is -4.15. The molecule has 3 heterocycles. The molecule has 3 aliphatic heterocycles. The van der Waals surface area contributed by atoms with Crippen LogP contribution in [0.3, 0.4) is 0 Å². The minimum atomic E-state index is 0.0144. The molecule has 0 atom stereocenters. The molecule has 0 saturated heterocycles. The number of aliphatic imine (C=N–C) groups is 3. The van der Waals surface area contributed by atoms with Gasteiger partial charge in [0.1, 0.15) is 0 Å². The summed E-state index contributed by atoms with van der Waals surface area (Å²) in [5.74, 6) is 0. The first-order valence-corrected chi connectivity index (χ1v) is 12.0. The number of rotatable bonds is 4. The number of nitrogens with zero attached hydrogens (tertiary/aromatic N) is 3.